The van der Waals surface area contributed by atoms with Crippen molar-refractivity contribution in [3.8, 4) is 22.1 Å². The minimum Gasteiger partial charge on any atom is -0.494 e. The van der Waals surface area contributed by atoms with Gasteiger partial charge in [-0.1, -0.05) is 6.92 Å². The quantitative estimate of drug-likeness (QED) is 0.632. The second-order valence-electron chi connectivity index (χ2n) is 5.05. The fourth-order valence-corrected chi connectivity index (χ4v) is 3.32. The van der Waals surface area contributed by atoms with Gasteiger partial charge in [0.25, 0.3) is 0 Å². The van der Waals surface area contributed by atoms with E-state index in [4.69, 9.17) is 4.74 Å². The predicted molar refractivity (Wildman–Crippen MR) is 92.8 cm³/mol. The summed E-state index contributed by atoms with van der Waals surface area (Å²) in [6.45, 7) is 4.77. The van der Waals surface area contributed by atoms with Gasteiger partial charge in [-0.2, -0.15) is 0 Å². The first-order chi connectivity index (χ1) is 11.3. The van der Waals surface area contributed by atoms with Crippen LogP contribution in [0.3, 0.4) is 0 Å². The maximum atomic E-state index is 11.1. The molecule has 0 saturated heterocycles. The maximum absolute atomic E-state index is 11.1. The van der Waals surface area contributed by atoms with E-state index in [1.54, 1.807) is 10.6 Å². The van der Waals surface area contributed by atoms with Gasteiger partial charge in [0, 0.05) is 17.1 Å². The van der Waals surface area contributed by atoms with E-state index in [1.165, 1.54) is 16.9 Å². The molecule has 0 aliphatic heterocycles. The van der Waals surface area contributed by atoms with E-state index in [0.29, 0.717) is 12.3 Å². The molecule has 118 valence electrons. The smallest absolute Gasteiger partial charge is 0.194 e. The minimum atomic E-state index is 0.604. The Bertz CT molecular complexity index is 820. The first kappa shape index (κ1) is 15.5. The molecule has 4 nitrogen and oxygen atoms in total. The number of hydrogen-bond acceptors (Lipinski definition) is 4. The molecule has 0 radical (unpaired) electrons. The van der Waals surface area contributed by atoms with Crippen LogP contribution in [0.5, 0.6) is 5.75 Å². The van der Waals surface area contributed by atoms with Gasteiger partial charge in [0.2, 0.25) is 0 Å². The number of benzene rings is 1. The van der Waals surface area contributed by atoms with E-state index in [0.717, 1.165) is 34.8 Å². The standard InChI is InChI=1S/C18H18N2O2S/c1-3-13-10-14(7-8-17(13)22-4-2)16-12-23-18(19-16)20-9-5-6-15(20)11-21/h5-12H,3-4H2,1-2H3. The molecule has 0 N–H and O–H groups in total. The zero-order chi connectivity index (χ0) is 16.2. The van der Waals surface area contributed by atoms with Crippen LogP contribution in [0, 0.1) is 0 Å². The molecule has 5 heteroatoms. The van der Waals surface area contributed by atoms with Gasteiger partial charge in [-0.3, -0.25) is 9.36 Å². The van der Waals surface area contributed by atoms with Crippen molar-refractivity contribution in [2.45, 2.75) is 20.3 Å². The molecule has 0 bridgehead atoms. The van der Waals surface area contributed by atoms with Crippen LogP contribution in [0.4, 0.5) is 0 Å². The summed E-state index contributed by atoms with van der Waals surface area (Å²) < 4.78 is 7.45. The highest BCUT2D eigenvalue weighted by Gasteiger charge is 2.11. The molecule has 0 atom stereocenters. The Morgan fingerprint density at radius 1 is 1.30 bits per heavy atom. The van der Waals surface area contributed by atoms with Gasteiger partial charge < -0.3 is 4.74 Å². The molecule has 1 aromatic carbocycles. The number of rotatable bonds is 6. The molecule has 3 aromatic rings. The molecule has 0 unspecified atom stereocenters. The van der Waals surface area contributed by atoms with Crippen LogP contribution in [-0.2, 0) is 6.42 Å². The first-order valence-electron chi connectivity index (χ1n) is 7.61. The predicted octanol–water partition coefficient (Wildman–Crippen LogP) is 4.37. The number of nitrogens with zero attached hydrogens (tertiary/aromatic N) is 2. The van der Waals surface area contributed by atoms with Crippen LogP contribution < -0.4 is 4.74 Å². The number of thiazole rings is 1. The van der Waals surface area contributed by atoms with Gasteiger partial charge in [-0.25, -0.2) is 4.98 Å². The molecular weight excluding hydrogens is 308 g/mol. The lowest BCUT2D eigenvalue weighted by molar-refractivity contribution is 0.111. The summed E-state index contributed by atoms with van der Waals surface area (Å²) >= 11 is 1.52. The lowest BCUT2D eigenvalue weighted by Gasteiger charge is -2.10. The molecule has 2 aromatic heterocycles. The van der Waals surface area contributed by atoms with Crippen LogP contribution in [0.25, 0.3) is 16.4 Å². The second kappa shape index (κ2) is 6.79. The van der Waals surface area contributed by atoms with E-state index in [2.05, 4.69) is 18.0 Å². The third-order valence-electron chi connectivity index (χ3n) is 3.64. The van der Waals surface area contributed by atoms with Crippen molar-refractivity contribution in [1.29, 1.82) is 0 Å². The fourth-order valence-electron chi connectivity index (χ4n) is 2.48. The summed E-state index contributed by atoms with van der Waals surface area (Å²) in [4.78, 5) is 15.7. The third kappa shape index (κ3) is 3.05. The Hall–Kier alpha value is -2.40. The highest BCUT2D eigenvalue weighted by molar-refractivity contribution is 7.12. The molecule has 0 aliphatic carbocycles. The molecule has 0 fully saturated rings. The normalized spacial score (nSPS) is 10.7. The Balaban J connectivity index is 1.95. The summed E-state index contributed by atoms with van der Waals surface area (Å²) in [5.41, 5.74) is 3.75. The van der Waals surface area contributed by atoms with E-state index in [9.17, 15) is 4.79 Å². The lowest BCUT2D eigenvalue weighted by atomic mass is 10.1. The van der Waals surface area contributed by atoms with E-state index < -0.39 is 0 Å². The van der Waals surface area contributed by atoms with Crippen molar-refractivity contribution in [3.63, 3.8) is 0 Å². The summed E-state index contributed by atoms with van der Waals surface area (Å²) in [5, 5.41) is 2.80. The van der Waals surface area contributed by atoms with Crippen molar-refractivity contribution in [1.82, 2.24) is 9.55 Å². The van der Waals surface area contributed by atoms with Crippen molar-refractivity contribution in [2.24, 2.45) is 0 Å². The average Bonchev–Trinajstić information content (AvgIpc) is 3.24. The third-order valence-corrected chi connectivity index (χ3v) is 4.48. The van der Waals surface area contributed by atoms with Gasteiger partial charge in [0.05, 0.1) is 18.0 Å². The number of aromatic nitrogens is 2. The highest BCUT2D eigenvalue weighted by atomic mass is 32.1. The Labute approximate surface area is 139 Å². The molecule has 0 saturated carbocycles. The van der Waals surface area contributed by atoms with Gasteiger partial charge in [0.1, 0.15) is 5.75 Å². The molecule has 2 heterocycles. The summed E-state index contributed by atoms with van der Waals surface area (Å²) in [5.74, 6) is 0.933. The van der Waals surface area contributed by atoms with Crippen LogP contribution >= 0.6 is 11.3 Å². The van der Waals surface area contributed by atoms with Crippen molar-refractivity contribution in [3.05, 3.63) is 53.2 Å². The van der Waals surface area contributed by atoms with Crippen LogP contribution in [0.15, 0.2) is 41.9 Å². The number of carbonyl (C=O) groups excluding carboxylic acids is 1. The number of carbonyl (C=O) groups is 1. The van der Waals surface area contributed by atoms with Gasteiger partial charge in [0.15, 0.2) is 11.4 Å². The summed E-state index contributed by atoms with van der Waals surface area (Å²) in [7, 11) is 0. The van der Waals surface area contributed by atoms with Gasteiger partial charge >= 0.3 is 0 Å². The van der Waals surface area contributed by atoms with E-state index in [-0.39, 0.29) is 0 Å². The van der Waals surface area contributed by atoms with Crippen molar-refractivity contribution < 1.29 is 9.53 Å². The molecule has 0 amide bonds. The zero-order valence-corrected chi connectivity index (χ0v) is 14.0. The monoisotopic (exact) mass is 326 g/mol. The summed E-state index contributed by atoms with van der Waals surface area (Å²) in [6.07, 6.45) is 3.60. The second-order valence-corrected chi connectivity index (χ2v) is 5.88. The van der Waals surface area contributed by atoms with Crippen LogP contribution in [0.2, 0.25) is 0 Å². The largest absolute Gasteiger partial charge is 0.494 e. The van der Waals surface area contributed by atoms with Crippen molar-refractivity contribution >= 4 is 17.6 Å². The number of hydrogen-bond donors (Lipinski definition) is 0. The van der Waals surface area contributed by atoms with E-state index in [1.807, 2.05) is 36.7 Å². The SMILES string of the molecule is CCOc1ccc(-c2csc(-n3cccc3C=O)n2)cc1CC. The highest BCUT2D eigenvalue weighted by Crippen LogP contribution is 2.29. The topological polar surface area (TPSA) is 44.1 Å². The Kier molecular flexibility index (Phi) is 4.57. The number of ether oxygens (including phenoxy) is 1. The Morgan fingerprint density at radius 2 is 2.17 bits per heavy atom. The van der Waals surface area contributed by atoms with Crippen molar-refractivity contribution in [2.75, 3.05) is 6.61 Å². The van der Waals surface area contributed by atoms with Crippen LogP contribution in [-0.4, -0.2) is 22.4 Å². The zero-order valence-electron chi connectivity index (χ0n) is 13.2. The molecule has 0 spiro atoms. The maximum Gasteiger partial charge on any atom is 0.194 e. The van der Waals surface area contributed by atoms with E-state index >= 15 is 0 Å². The minimum absolute atomic E-state index is 0.604. The molecule has 0 aliphatic rings. The average molecular weight is 326 g/mol. The van der Waals surface area contributed by atoms with Gasteiger partial charge in [-0.15, -0.1) is 11.3 Å². The fraction of sp³-hybridized carbons (Fsp3) is 0.222. The van der Waals surface area contributed by atoms with Crippen LogP contribution in [0.1, 0.15) is 29.9 Å². The molecular formula is C18H18N2O2S. The van der Waals surface area contributed by atoms with Gasteiger partial charge in [-0.05, 0) is 49.2 Å². The number of aldehydes is 1. The number of aryl methyl sites for hydroxylation is 1. The first-order valence-corrected chi connectivity index (χ1v) is 8.49. The molecule has 3 rings (SSSR count). The lowest BCUT2D eigenvalue weighted by Crippen LogP contribution is -1.97. The summed E-state index contributed by atoms with van der Waals surface area (Å²) in [6, 6.07) is 9.78. The molecule has 23 heavy (non-hydrogen) atoms. The Morgan fingerprint density at radius 3 is 2.91 bits per heavy atom.